The van der Waals surface area contributed by atoms with Gasteiger partial charge >= 0.3 is 7.12 Å². The van der Waals surface area contributed by atoms with Crippen molar-refractivity contribution in [3.05, 3.63) is 23.5 Å². The molecule has 0 spiro atoms. The molecule has 6 heteroatoms. The smallest absolute Gasteiger partial charge is 0.399 e. The molecule has 20 heavy (non-hydrogen) atoms. The largest absolute Gasteiger partial charge is 0.496 e. The Labute approximate surface area is 119 Å². The molecule has 0 N–H and O–H groups in total. The first-order chi connectivity index (χ1) is 9.30. The van der Waals surface area contributed by atoms with Gasteiger partial charge in [-0.1, -0.05) is 0 Å². The van der Waals surface area contributed by atoms with Crippen LogP contribution < -0.4 is 5.46 Å². The predicted molar refractivity (Wildman–Crippen MR) is 74.0 cm³/mol. The van der Waals surface area contributed by atoms with E-state index in [2.05, 4.69) is 11.1 Å². The van der Waals surface area contributed by atoms with E-state index >= 15 is 0 Å². The van der Waals surface area contributed by atoms with Gasteiger partial charge in [-0.3, -0.25) is 0 Å². The molecule has 1 aliphatic heterocycles. The zero-order valence-corrected chi connectivity index (χ0v) is 12.1. The van der Waals surface area contributed by atoms with E-state index in [0.29, 0.717) is 5.46 Å². The first-order valence-corrected chi connectivity index (χ1v) is 6.42. The van der Waals surface area contributed by atoms with E-state index in [1.165, 1.54) is 0 Å². The summed E-state index contributed by atoms with van der Waals surface area (Å²) in [4.78, 5) is 4.05. The van der Waals surface area contributed by atoms with Crippen LogP contribution in [-0.2, 0) is 15.7 Å². The Morgan fingerprint density at radius 2 is 1.80 bits per heavy atom. The Balaban J connectivity index is 2.40. The molecular formula is C14H16BN3O2. The van der Waals surface area contributed by atoms with Crippen molar-refractivity contribution in [3.8, 4) is 12.1 Å². The molecule has 0 radical (unpaired) electrons. The maximum absolute atomic E-state index is 8.92. The minimum absolute atomic E-state index is 0.191. The molecule has 0 amide bonds. The molecule has 0 saturated carbocycles. The second-order valence-electron chi connectivity index (χ2n) is 5.80. The molecule has 1 aliphatic rings. The van der Waals surface area contributed by atoms with Crippen molar-refractivity contribution in [1.29, 1.82) is 10.5 Å². The van der Waals surface area contributed by atoms with Crippen LogP contribution in [0.2, 0.25) is 0 Å². The van der Waals surface area contributed by atoms with E-state index in [0.717, 1.165) is 5.56 Å². The van der Waals surface area contributed by atoms with Gasteiger partial charge in [0.2, 0.25) is 0 Å². The lowest BCUT2D eigenvalue weighted by Crippen LogP contribution is -2.41. The fraction of sp³-hybridized carbons (Fsp3) is 0.500. The highest BCUT2D eigenvalue weighted by Gasteiger charge is 2.52. The molecule has 102 valence electrons. The summed E-state index contributed by atoms with van der Waals surface area (Å²) in [5.74, 6) is 0. The Hall–Kier alpha value is -1.89. The van der Waals surface area contributed by atoms with Gasteiger partial charge in [-0.25, -0.2) is 4.98 Å². The summed E-state index contributed by atoms with van der Waals surface area (Å²) >= 11 is 0. The van der Waals surface area contributed by atoms with Crippen LogP contribution in [0.5, 0.6) is 0 Å². The highest BCUT2D eigenvalue weighted by Crippen LogP contribution is 2.36. The average Bonchev–Trinajstić information content (AvgIpc) is 2.58. The zero-order chi connectivity index (χ0) is 15.0. The van der Waals surface area contributed by atoms with Crippen LogP contribution in [0.3, 0.4) is 0 Å². The fourth-order valence-electron chi connectivity index (χ4n) is 1.99. The van der Waals surface area contributed by atoms with E-state index in [-0.39, 0.29) is 12.1 Å². The molecule has 0 aromatic carbocycles. The van der Waals surface area contributed by atoms with Gasteiger partial charge in [-0.15, -0.1) is 0 Å². The predicted octanol–water partition coefficient (Wildman–Crippen LogP) is 1.32. The highest BCUT2D eigenvalue weighted by molar-refractivity contribution is 6.62. The van der Waals surface area contributed by atoms with Crippen molar-refractivity contribution in [2.45, 2.75) is 45.3 Å². The molecule has 1 aromatic heterocycles. The van der Waals surface area contributed by atoms with Gasteiger partial charge in [-0.2, -0.15) is 10.5 Å². The molecule has 0 atom stereocenters. The number of hydrogen-bond donors (Lipinski definition) is 0. The summed E-state index contributed by atoms with van der Waals surface area (Å²) in [6.45, 7) is 7.87. The maximum Gasteiger partial charge on any atom is 0.496 e. The number of hydrogen-bond acceptors (Lipinski definition) is 5. The minimum atomic E-state index is -0.566. The summed E-state index contributed by atoms with van der Waals surface area (Å²) in [6.07, 6.45) is 1.75. The second kappa shape index (κ2) is 4.90. The third kappa shape index (κ3) is 2.41. The van der Waals surface area contributed by atoms with Crippen molar-refractivity contribution in [1.82, 2.24) is 4.98 Å². The first kappa shape index (κ1) is 14.5. The van der Waals surface area contributed by atoms with Crippen molar-refractivity contribution >= 4 is 12.6 Å². The maximum atomic E-state index is 8.92. The summed E-state index contributed by atoms with van der Waals surface area (Å²) in [5.41, 5.74) is 0.822. The van der Waals surface area contributed by atoms with Crippen molar-refractivity contribution in [2.24, 2.45) is 0 Å². The number of rotatable bonds is 2. The van der Waals surface area contributed by atoms with Crippen LogP contribution in [0.4, 0.5) is 0 Å². The van der Waals surface area contributed by atoms with E-state index in [1.807, 2.05) is 33.8 Å². The van der Waals surface area contributed by atoms with E-state index in [9.17, 15) is 0 Å². The first-order valence-electron chi connectivity index (χ1n) is 6.42. The van der Waals surface area contributed by atoms with Gasteiger partial charge in [0.1, 0.15) is 11.8 Å². The zero-order valence-electron chi connectivity index (χ0n) is 12.1. The van der Waals surface area contributed by atoms with Crippen LogP contribution >= 0.6 is 0 Å². The fourth-order valence-corrected chi connectivity index (χ4v) is 1.99. The summed E-state index contributed by atoms with van der Waals surface area (Å²) in [6, 6.07) is 5.68. The van der Waals surface area contributed by atoms with E-state index in [1.54, 1.807) is 12.3 Å². The minimum Gasteiger partial charge on any atom is -0.399 e. The van der Waals surface area contributed by atoms with E-state index in [4.69, 9.17) is 19.8 Å². The number of aromatic nitrogens is 1. The van der Waals surface area contributed by atoms with Crippen LogP contribution in [-0.4, -0.2) is 23.3 Å². The topological polar surface area (TPSA) is 78.9 Å². The van der Waals surface area contributed by atoms with Gasteiger partial charge in [0, 0.05) is 11.7 Å². The molecule has 1 saturated heterocycles. The van der Waals surface area contributed by atoms with Crippen LogP contribution in [0.15, 0.2) is 12.3 Å². The normalized spacial score (nSPS) is 19.4. The molecular weight excluding hydrogens is 253 g/mol. The van der Waals surface area contributed by atoms with Crippen LogP contribution in [0, 0.1) is 22.7 Å². The van der Waals surface area contributed by atoms with Gasteiger partial charge in [0.25, 0.3) is 0 Å². The lowest BCUT2D eigenvalue weighted by atomic mass is 9.76. The van der Waals surface area contributed by atoms with Gasteiger partial charge in [-0.05, 0) is 39.3 Å². The van der Waals surface area contributed by atoms with Gasteiger partial charge in [0.15, 0.2) is 0 Å². The number of pyridine rings is 1. The lowest BCUT2D eigenvalue weighted by molar-refractivity contribution is 0.00578. The molecule has 2 rings (SSSR count). The SMILES string of the molecule is CC1(C)OB(c2cnc(C#N)cc2CC#N)OC1(C)C. The Morgan fingerprint density at radius 1 is 1.20 bits per heavy atom. The van der Waals surface area contributed by atoms with Crippen molar-refractivity contribution in [3.63, 3.8) is 0 Å². The standard InChI is InChI=1S/C14H16BN3O2/c1-13(2)14(3,4)20-15(19-13)12-9-18-11(8-17)7-10(12)5-6-16/h7,9H,5H2,1-4H3. The summed E-state index contributed by atoms with van der Waals surface area (Å²) in [7, 11) is -0.566. The quantitative estimate of drug-likeness (QED) is 0.756. The van der Waals surface area contributed by atoms with Crippen LogP contribution in [0.1, 0.15) is 39.0 Å². The average molecular weight is 269 g/mol. The molecule has 1 fully saturated rings. The molecule has 2 heterocycles. The molecule has 0 unspecified atom stereocenters. The molecule has 1 aromatic rings. The van der Waals surface area contributed by atoms with Crippen LogP contribution in [0.25, 0.3) is 0 Å². The number of nitrogens with zero attached hydrogens (tertiary/aromatic N) is 3. The molecule has 0 aliphatic carbocycles. The van der Waals surface area contributed by atoms with Crippen molar-refractivity contribution in [2.75, 3.05) is 0 Å². The Morgan fingerprint density at radius 3 is 2.30 bits per heavy atom. The summed E-state index contributed by atoms with van der Waals surface area (Å²) < 4.78 is 11.9. The van der Waals surface area contributed by atoms with Gasteiger partial charge < -0.3 is 9.31 Å². The number of nitriles is 2. The Kier molecular flexibility index (Phi) is 3.56. The van der Waals surface area contributed by atoms with E-state index < -0.39 is 18.3 Å². The second-order valence-corrected chi connectivity index (χ2v) is 5.80. The third-order valence-electron chi connectivity index (χ3n) is 3.92. The highest BCUT2D eigenvalue weighted by atomic mass is 16.7. The third-order valence-corrected chi connectivity index (χ3v) is 3.92. The Bertz CT molecular complexity index is 598. The lowest BCUT2D eigenvalue weighted by Gasteiger charge is -2.32. The van der Waals surface area contributed by atoms with Gasteiger partial charge in [0.05, 0.1) is 23.7 Å². The molecule has 5 nitrogen and oxygen atoms in total. The molecule has 0 bridgehead atoms. The summed E-state index contributed by atoms with van der Waals surface area (Å²) in [5, 5.41) is 17.8. The van der Waals surface area contributed by atoms with Crippen molar-refractivity contribution < 1.29 is 9.31 Å². The monoisotopic (exact) mass is 269 g/mol.